The first-order valence-electron chi connectivity index (χ1n) is 13.6. The van der Waals surface area contributed by atoms with Gasteiger partial charge in [-0.05, 0) is 59.2 Å². The summed E-state index contributed by atoms with van der Waals surface area (Å²) in [7, 11) is -3.66. The number of carbonyl (C=O) groups excluding carboxylic acids is 1. The molecule has 0 spiro atoms. The molecule has 0 aliphatic heterocycles. The molecule has 6 aromatic rings. The molecule has 0 saturated carbocycles. The standard InChI is InChI=1S/C31H29FN8O3S/c1-31(2,3)30(41)36-21-12-19(14-34-15-21)16-5-6-24-23(13-16)26(40-39-24)29-37-25-22(7-8-35-28(25)38-29)17-9-18(11-20(32)10-17)27(33)44(4,42)43/h5-15,27H,33H2,1-4H3,(H,36,41)(H,39,40)(H,35,37,38). The molecule has 2 aromatic carbocycles. The van der Waals surface area contributed by atoms with Crippen molar-refractivity contribution in [1.82, 2.24) is 30.1 Å². The van der Waals surface area contributed by atoms with E-state index >= 15 is 0 Å². The number of nitrogens with one attached hydrogen (secondary N) is 3. The summed E-state index contributed by atoms with van der Waals surface area (Å²) in [6.45, 7) is 5.52. The minimum atomic E-state index is -3.66. The van der Waals surface area contributed by atoms with Gasteiger partial charge in [-0.25, -0.2) is 22.8 Å². The van der Waals surface area contributed by atoms with Crippen LogP contribution in [-0.2, 0) is 14.6 Å². The molecule has 0 fully saturated rings. The highest BCUT2D eigenvalue weighted by molar-refractivity contribution is 7.90. The van der Waals surface area contributed by atoms with Gasteiger partial charge in [0.25, 0.3) is 0 Å². The molecule has 0 aliphatic carbocycles. The first-order valence-corrected chi connectivity index (χ1v) is 15.6. The smallest absolute Gasteiger partial charge is 0.229 e. The van der Waals surface area contributed by atoms with E-state index in [9.17, 15) is 17.6 Å². The lowest BCUT2D eigenvalue weighted by Crippen LogP contribution is -2.27. The first kappa shape index (κ1) is 29.1. The van der Waals surface area contributed by atoms with Gasteiger partial charge < -0.3 is 16.0 Å². The zero-order valence-corrected chi connectivity index (χ0v) is 25.1. The van der Waals surface area contributed by atoms with Gasteiger partial charge in [0.05, 0.1) is 17.4 Å². The quantitative estimate of drug-likeness (QED) is 0.195. The second-order valence-corrected chi connectivity index (χ2v) is 13.8. The van der Waals surface area contributed by atoms with Crippen molar-refractivity contribution in [3.05, 3.63) is 78.5 Å². The van der Waals surface area contributed by atoms with Gasteiger partial charge in [0.2, 0.25) is 5.91 Å². The van der Waals surface area contributed by atoms with E-state index < -0.39 is 26.4 Å². The van der Waals surface area contributed by atoms with Gasteiger partial charge in [-0.15, -0.1) is 0 Å². The summed E-state index contributed by atoms with van der Waals surface area (Å²) in [5.74, 6) is -0.314. The average molecular weight is 613 g/mol. The number of sulfone groups is 1. The molecular weight excluding hydrogens is 583 g/mol. The molecular formula is C31H29FN8O3S. The number of aromatic amines is 2. The highest BCUT2D eigenvalue weighted by atomic mass is 32.2. The Morgan fingerprint density at radius 3 is 2.57 bits per heavy atom. The largest absolute Gasteiger partial charge is 0.324 e. The molecule has 0 saturated heterocycles. The number of fused-ring (bicyclic) bond motifs is 2. The van der Waals surface area contributed by atoms with Gasteiger partial charge >= 0.3 is 0 Å². The predicted molar refractivity (Wildman–Crippen MR) is 167 cm³/mol. The Balaban J connectivity index is 1.40. The van der Waals surface area contributed by atoms with Gasteiger partial charge in [-0.3, -0.25) is 14.9 Å². The molecule has 4 aromatic heterocycles. The monoisotopic (exact) mass is 612 g/mol. The maximum Gasteiger partial charge on any atom is 0.229 e. The average Bonchev–Trinajstić information content (AvgIpc) is 3.59. The molecule has 4 heterocycles. The van der Waals surface area contributed by atoms with E-state index in [1.54, 1.807) is 30.7 Å². The molecule has 1 atom stereocenters. The van der Waals surface area contributed by atoms with Crippen LogP contribution in [0.25, 0.3) is 55.8 Å². The third-order valence-corrected chi connectivity index (χ3v) is 8.40. The van der Waals surface area contributed by atoms with Crippen LogP contribution in [0.3, 0.4) is 0 Å². The number of halogens is 1. The molecule has 13 heteroatoms. The molecule has 0 bridgehead atoms. The van der Waals surface area contributed by atoms with Gasteiger partial charge in [0.1, 0.15) is 22.4 Å². The molecule has 0 radical (unpaired) electrons. The van der Waals surface area contributed by atoms with Crippen molar-refractivity contribution in [3.8, 4) is 33.8 Å². The number of anilines is 1. The molecule has 0 aliphatic rings. The van der Waals surface area contributed by atoms with Crippen LogP contribution in [-0.4, -0.2) is 50.7 Å². The van der Waals surface area contributed by atoms with Crippen LogP contribution in [0.15, 0.2) is 67.1 Å². The van der Waals surface area contributed by atoms with Crippen molar-refractivity contribution in [3.63, 3.8) is 0 Å². The fraction of sp³-hybridized carbons (Fsp3) is 0.194. The van der Waals surface area contributed by atoms with Gasteiger partial charge in [-0.2, -0.15) is 5.10 Å². The second-order valence-electron chi connectivity index (χ2n) is 11.7. The zero-order valence-electron chi connectivity index (χ0n) is 24.3. The Morgan fingerprint density at radius 2 is 1.82 bits per heavy atom. The summed E-state index contributed by atoms with van der Waals surface area (Å²) < 4.78 is 38.7. The summed E-state index contributed by atoms with van der Waals surface area (Å²) in [4.78, 5) is 29.2. The maximum absolute atomic E-state index is 14.6. The van der Waals surface area contributed by atoms with Crippen LogP contribution in [0.2, 0.25) is 0 Å². The third kappa shape index (κ3) is 5.54. The Morgan fingerprint density at radius 1 is 1.02 bits per heavy atom. The third-order valence-electron chi connectivity index (χ3n) is 7.20. The van der Waals surface area contributed by atoms with Gasteiger partial charge in [0.15, 0.2) is 21.3 Å². The van der Waals surface area contributed by atoms with Crippen LogP contribution >= 0.6 is 0 Å². The summed E-state index contributed by atoms with van der Waals surface area (Å²) in [6.07, 6.45) is 5.88. The molecule has 224 valence electrons. The summed E-state index contributed by atoms with van der Waals surface area (Å²) in [6, 6.07) is 13.3. The van der Waals surface area contributed by atoms with Crippen molar-refractivity contribution in [2.24, 2.45) is 11.1 Å². The number of benzene rings is 2. The number of nitrogens with zero attached hydrogens (tertiary/aromatic N) is 4. The first-order chi connectivity index (χ1) is 20.8. The molecule has 11 nitrogen and oxygen atoms in total. The van der Waals surface area contributed by atoms with Crippen LogP contribution < -0.4 is 11.1 Å². The highest BCUT2D eigenvalue weighted by Crippen LogP contribution is 2.34. The topological polar surface area (TPSA) is 172 Å². The Bertz CT molecular complexity index is 2180. The van der Waals surface area contributed by atoms with Crippen LogP contribution in [0.5, 0.6) is 0 Å². The lowest BCUT2D eigenvalue weighted by atomic mass is 9.95. The second kappa shape index (κ2) is 10.6. The normalized spacial score (nSPS) is 13.0. The fourth-order valence-electron chi connectivity index (χ4n) is 4.79. The predicted octanol–water partition coefficient (Wildman–Crippen LogP) is 5.36. The number of aromatic nitrogens is 6. The number of hydrogen-bond donors (Lipinski definition) is 4. The Labute approximate surface area is 252 Å². The van der Waals surface area contributed by atoms with E-state index in [4.69, 9.17) is 10.7 Å². The van der Waals surface area contributed by atoms with Gasteiger partial charge in [0, 0.05) is 40.6 Å². The van der Waals surface area contributed by atoms with E-state index in [1.807, 2.05) is 45.0 Å². The zero-order chi connectivity index (χ0) is 31.4. The summed E-state index contributed by atoms with van der Waals surface area (Å²) in [5, 5.41) is 9.84. The lowest BCUT2D eigenvalue weighted by molar-refractivity contribution is -0.123. The highest BCUT2D eigenvalue weighted by Gasteiger charge is 2.23. The van der Waals surface area contributed by atoms with E-state index in [0.29, 0.717) is 39.5 Å². The number of hydrogen-bond acceptors (Lipinski definition) is 8. The van der Waals surface area contributed by atoms with Crippen molar-refractivity contribution in [2.45, 2.75) is 26.1 Å². The SMILES string of the molecule is CC(C)(C)C(=O)Nc1cncc(-c2ccc3[nH]nc(-c4nc5c(-c6cc(F)cc(C(N)S(C)(=O)=O)c6)ccnc5[nH]4)c3c2)c1. The number of amides is 1. The van der Waals surface area contributed by atoms with E-state index in [-0.39, 0.29) is 11.5 Å². The van der Waals surface area contributed by atoms with Crippen molar-refractivity contribution in [2.75, 3.05) is 11.6 Å². The van der Waals surface area contributed by atoms with Crippen LogP contribution in [0.1, 0.15) is 31.7 Å². The van der Waals surface area contributed by atoms with Crippen LogP contribution in [0, 0.1) is 11.2 Å². The van der Waals surface area contributed by atoms with E-state index in [1.165, 1.54) is 6.07 Å². The van der Waals surface area contributed by atoms with Crippen LogP contribution in [0.4, 0.5) is 10.1 Å². The van der Waals surface area contributed by atoms with Crippen molar-refractivity contribution >= 4 is 43.5 Å². The Hall–Kier alpha value is -5.01. The lowest BCUT2D eigenvalue weighted by Gasteiger charge is -2.17. The molecule has 5 N–H and O–H groups in total. The van der Waals surface area contributed by atoms with E-state index in [2.05, 4.69) is 30.5 Å². The number of pyridine rings is 2. The number of nitrogens with two attached hydrogens (primary N) is 1. The van der Waals surface area contributed by atoms with Crippen molar-refractivity contribution < 1.29 is 17.6 Å². The van der Waals surface area contributed by atoms with Gasteiger partial charge in [-0.1, -0.05) is 26.8 Å². The number of H-pyrrole nitrogens is 2. The number of carbonyl (C=O) groups is 1. The minimum Gasteiger partial charge on any atom is -0.324 e. The summed E-state index contributed by atoms with van der Waals surface area (Å²) >= 11 is 0. The number of rotatable bonds is 6. The minimum absolute atomic E-state index is 0.116. The maximum atomic E-state index is 14.6. The molecule has 44 heavy (non-hydrogen) atoms. The molecule has 1 unspecified atom stereocenters. The van der Waals surface area contributed by atoms with Crippen molar-refractivity contribution in [1.29, 1.82) is 0 Å². The summed E-state index contributed by atoms with van der Waals surface area (Å²) in [5.41, 5.74) is 10.9. The Kier molecular flexibility index (Phi) is 7.01. The fourth-order valence-corrected chi connectivity index (χ4v) is 5.42. The molecule has 1 amide bonds. The van der Waals surface area contributed by atoms with E-state index in [0.717, 1.165) is 34.4 Å². The number of imidazole rings is 1. The molecule has 6 rings (SSSR count).